The van der Waals surface area contributed by atoms with Gasteiger partial charge in [-0.1, -0.05) is 42.5 Å². The van der Waals surface area contributed by atoms with E-state index in [4.69, 9.17) is 0 Å². The number of benzene rings is 3. The first-order valence-corrected chi connectivity index (χ1v) is 10.3. The lowest BCUT2D eigenvalue weighted by molar-refractivity contribution is -0.115. The van der Waals surface area contributed by atoms with Crippen LogP contribution in [-0.4, -0.2) is 18.5 Å². The molecule has 6 heteroatoms. The van der Waals surface area contributed by atoms with E-state index in [-0.39, 0.29) is 30.7 Å². The van der Waals surface area contributed by atoms with Crippen molar-refractivity contribution in [3.63, 3.8) is 0 Å². The number of nitrogens with one attached hydrogen (secondary N) is 2. The molecule has 32 heavy (non-hydrogen) atoms. The Kier molecular flexibility index (Phi) is 7.75. The zero-order valence-electron chi connectivity index (χ0n) is 18.0. The molecule has 0 atom stereocenters. The van der Waals surface area contributed by atoms with Crippen molar-refractivity contribution >= 4 is 23.3 Å². The highest BCUT2D eigenvalue weighted by Gasteiger charge is 2.17. The van der Waals surface area contributed by atoms with Crippen molar-refractivity contribution in [3.8, 4) is 0 Å². The maximum atomic E-state index is 13.3. The van der Waals surface area contributed by atoms with Crippen molar-refractivity contribution in [1.82, 2.24) is 5.32 Å². The van der Waals surface area contributed by atoms with Crippen molar-refractivity contribution in [1.29, 1.82) is 0 Å². The van der Waals surface area contributed by atoms with Crippen LogP contribution in [0.4, 0.5) is 20.6 Å². The van der Waals surface area contributed by atoms with Gasteiger partial charge in [-0.3, -0.25) is 9.69 Å². The molecule has 0 unspecified atom stereocenters. The fourth-order valence-corrected chi connectivity index (χ4v) is 3.26. The smallest absolute Gasteiger partial charge is 0.322 e. The number of halogens is 1. The molecule has 0 saturated heterocycles. The van der Waals surface area contributed by atoms with E-state index < -0.39 is 0 Å². The Morgan fingerprint density at radius 3 is 2.47 bits per heavy atom. The Bertz CT molecular complexity index is 1100. The highest BCUT2D eigenvalue weighted by atomic mass is 19.1. The quantitative estimate of drug-likeness (QED) is 0.481. The minimum Gasteiger partial charge on any atom is -0.334 e. The van der Waals surface area contributed by atoms with E-state index in [1.54, 1.807) is 29.2 Å². The average molecular weight is 432 g/mol. The van der Waals surface area contributed by atoms with E-state index in [0.717, 1.165) is 22.4 Å². The molecule has 0 aliphatic rings. The van der Waals surface area contributed by atoms with Gasteiger partial charge in [0.25, 0.3) is 0 Å². The predicted octanol–water partition coefficient (Wildman–Crippen LogP) is 5.22. The fraction of sp³-hybridized carbons (Fsp3) is 0.154. The molecule has 0 spiro atoms. The van der Waals surface area contributed by atoms with Gasteiger partial charge in [0.05, 0.1) is 13.0 Å². The van der Waals surface area contributed by atoms with Crippen molar-refractivity contribution in [3.05, 3.63) is 108 Å². The molecule has 0 aliphatic heterocycles. The molecular formula is C26H26FN3O2. The third-order valence-corrected chi connectivity index (χ3v) is 4.79. The molecule has 0 fully saturated rings. The van der Waals surface area contributed by atoms with Gasteiger partial charge in [0, 0.05) is 17.9 Å². The third-order valence-electron chi connectivity index (χ3n) is 4.79. The van der Waals surface area contributed by atoms with Crippen molar-refractivity contribution in [2.45, 2.75) is 19.9 Å². The van der Waals surface area contributed by atoms with E-state index in [1.165, 1.54) is 12.1 Å². The summed E-state index contributed by atoms with van der Waals surface area (Å²) in [6.07, 6.45) is 1.76. The molecule has 0 aliphatic carbocycles. The van der Waals surface area contributed by atoms with E-state index in [1.807, 2.05) is 49.4 Å². The molecule has 164 valence electrons. The monoisotopic (exact) mass is 431 g/mol. The van der Waals surface area contributed by atoms with Gasteiger partial charge < -0.3 is 10.6 Å². The maximum Gasteiger partial charge on any atom is 0.322 e. The molecule has 3 aromatic carbocycles. The SMILES string of the molecule is C=CCNC(=O)N(Cc1ccc(F)cc1)c1cccc(CC(=O)Nc2cccc(C)c2)c1. The number of carbonyl (C=O) groups is 2. The summed E-state index contributed by atoms with van der Waals surface area (Å²) in [5, 5.41) is 5.67. The topological polar surface area (TPSA) is 61.4 Å². The lowest BCUT2D eigenvalue weighted by Gasteiger charge is -2.24. The Morgan fingerprint density at radius 2 is 1.75 bits per heavy atom. The molecule has 3 amide bonds. The second-order valence-electron chi connectivity index (χ2n) is 7.45. The first kappa shape index (κ1) is 22.7. The summed E-state index contributed by atoms with van der Waals surface area (Å²) in [5.74, 6) is -0.480. The van der Waals surface area contributed by atoms with Gasteiger partial charge in [0.15, 0.2) is 0 Å². The van der Waals surface area contributed by atoms with Crippen molar-refractivity contribution < 1.29 is 14.0 Å². The van der Waals surface area contributed by atoms with Crippen LogP contribution in [0.15, 0.2) is 85.5 Å². The second-order valence-corrected chi connectivity index (χ2v) is 7.45. The van der Waals surface area contributed by atoms with Gasteiger partial charge >= 0.3 is 6.03 Å². The van der Waals surface area contributed by atoms with Crippen LogP contribution >= 0.6 is 0 Å². The molecule has 0 saturated carbocycles. The minimum atomic E-state index is -0.335. The number of urea groups is 1. The lowest BCUT2D eigenvalue weighted by Crippen LogP contribution is -2.39. The normalized spacial score (nSPS) is 10.3. The summed E-state index contributed by atoms with van der Waals surface area (Å²) < 4.78 is 13.3. The van der Waals surface area contributed by atoms with Gasteiger partial charge in [0.2, 0.25) is 5.91 Å². The molecule has 0 aromatic heterocycles. The number of hydrogen-bond donors (Lipinski definition) is 2. The number of anilines is 2. The molecule has 0 heterocycles. The van der Waals surface area contributed by atoms with Crippen LogP contribution in [0, 0.1) is 12.7 Å². The van der Waals surface area contributed by atoms with Crippen LogP contribution in [0.25, 0.3) is 0 Å². The molecule has 3 rings (SSSR count). The Morgan fingerprint density at radius 1 is 1.00 bits per heavy atom. The fourth-order valence-electron chi connectivity index (χ4n) is 3.26. The molecule has 2 N–H and O–H groups in total. The lowest BCUT2D eigenvalue weighted by atomic mass is 10.1. The zero-order chi connectivity index (χ0) is 22.9. The van der Waals surface area contributed by atoms with E-state index in [0.29, 0.717) is 12.2 Å². The van der Waals surface area contributed by atoms with Crippen LogP contribution in [0.3, 0.4) is 0 Å². The maximum absolute atomic E-state index is 13.3. The third kappa shape index (κ3) is 6.54. The van der Waals surface area contributed by atoms with E-state index in [9.17, 15) is 14.0 Å². The molecule has 5 nitrogen and oxygen atoms in total. The largest absolute Gasteiger partial charge is 0.334 e. The summed E-state index contributed by atoms with van der Waals surface area (Å²) in [6.45, 7) is 6.16. The Balaban J connectivity index is 1.78. The van der Waals surface area contributed by atoms with E-state index >= 15 is 0 Å². The summed E-state index contributed by atoms with van der Waals surface area (Å²) in [7, 11) is 0. The predicted molar refractivity (Wildman–Crippen MR) is 126 cm³/mol. The summed E-state index contributed by atoms with van der Waals surface area (Å²) in [6, 6.07) is 20.6. The van der Waals surface area contributed by atoms with Gasteiger partial charge in [-0.25, -0.2) is 9.18 Å². The highest BCUT2D eigenvalue weighted by Crippen LogP contribution is 2.20. The Hall–Kier alpha value is -3.93. The number of aryl methyl sites for hydroxylation is 1. The number of rotatable bonds is 8. The zero-order valence-corrected chi connectivity index (χ0v) is 18.0. The van der Waals surface area contributed by atoms with E-state index in [2.05, 4.69) is 17.2 Å². The summed E-state index contributed by atoms with van der Waals surface area (Å²) >= 11 is 0. The van der Waals surface area contributed by atoms with Crippen LogP contribution in [0.1, 0.15) is 16.7 Å². The highest BCUT2D eigenvalue weighted by molar-refractivity contribution is 5.94. The summed E-state index contributed by atoms with van der Waals surface area (Å²) in [5.41, 5.74) is 3.99. The van der Waals surface area contributed by atoms with Crippen LogP contribution in [-0.2, 0) is 17.8 Å². The van der Waals surface area contributed by atoms with Gasteiger partial charge in [-0.2, -0.15) is 0 Å². The molecule has 0 radical (unpaired) electrons. The number of nitrogens with zero attached hydrogens (tertiary/aromatic N) is 1. The number of carbonyl (C=O) groups excluding carboxylic acids is 2. The standard InChI is InChI=1S/C26H26FN3O2/c1-3-14-28-26(32)30(18-20-10-12-22(27)13-11-20)24-9-5-7-21(16-24)17-25(31)29-23-8-4-6-19(2)15-23/h3-13,15-16H,1,14,17-18H2,2H3,(H,28,32)(H,29,31). The number of amides is 3. The van der Waals surface area contributed by atoms with Crippen LogP contribution in [0.5, 0.6) is 0 Å². The van der Waals surface area contributed by atoms with Crippen molar-refractivity contribution in [2.24, 2.45) is 0 Å². The van der Waals surface area contributed by atoms with Crippen molar-refractivity contribution in [2.75, 3.05) is 16.8 Å². The number of hydrogen-bond acceptors (Lipinski definition) is 2. The molecule has 0 bridgehead atoms. The first-order chi connectivity index (χ1) is 15.4. The molecular weight excluding hydrogens is 405 g/mol. The van der Waals surface area contributed by atoms with Gasteiger partial charge in [0.1, 0.15) is 5.82 Å². The second kappa shape index (κ2) is 10.9. The first-order valence-electron chi connectivity index (χ1n) is 10.3. The van der Waals surface area contributed by atoms with Crippen LogP contribution < -0.4 is 15.5 Å². The Labute approximate surface area is 187 Å². The average Bonchev–Trinajstić information content (AvgIpc) is 2.77. The minimum absolute atomic E-state index is 0.144. The van der Waals surface area contributed by atoms with Crippen LogP contribution in [0.2, 0.25) is 0 Å². The van der Waals surface area contributed by atoms with Gasteiger partial charge in [-0.05, 0) is 60.0 Å². The van der Waals surface area contributed by atoms with Gasteiger partial charge in [-0.15, -0.1) is 6.58 Å². The molecule has 3 aromatic rings. The summed E-state index contributed by atoms with van der Waals surface area (Å²) in [4.78, 5) is 26.9.